The molecule has 1 aromatic carbocycles. The number of rotatable bonds is 6. The average molecular weight is 351 g/mol. The molecule has 1 aliphatic carbocycles. The zero-order valence-electron chi connectivity index (χ0n) is 13.6. The lowest BCUT2D eigenvalue weighted by Gasteiger charge is -2.19. The Kier molecular flexibility index (Phi) is 6.64. The Morgan fingerprint density at radius 3 is 2.50 bits per heavy atom. The molecule has 1 saturated carbocycles. The Balaban J connectivity index is 1.91. The summed E-state index contributed by atoms with van der Waals surface area (Å²) in [7, 11) is -3.91. The molecular formula is C17H21NO5S. The van der Waals surface area contributed by atoms with Gasteiger partial charge in [-0.25, -0.2) is 8.42 Å². The van der Waals surface area contributed by atoms with Gasteiger partial charge in [0.1, 0.15) is 12.4 Å². The Morgan fingerprint density at radius 1 is 1.21 bits per heavy atom. The first-order chi connectivity index (χ1) is 11.5. The van der Waals surface area contributed by atoms with E-state index in [1.165, 1.54) is 24.3 Å². The van der Waals surface area contributed by atoms with Crippen LogP contribution < -0.4 is 9.62 Å². The van der Waals surface area contributed by atoms with Gasteiger partial charge in [0, 0.05) is 0 Å². The second-order valence-electron chi connectivity index (χ2n) is 5.53. The van der Waals surface area contributed by atoms with Crippen LogP contribution >= 0.6 is 0 Å². The third-order valence-electron chi connectivity index (χ3n) is 3.81. The summed E-state index contributed by atoms with van der Waals surface area (Å²) in [6.45, 7) is 1.94. The van der Waals surface area contributed by atoms with Crippen LogP contribution in [0, 0.1) is 17.8 Å². The predicted octanol–water partition coefficient (Wildman–Crippen LogP) is 2.41. The highest BCUT2D eigenvalue weighted by molar-refractivity contribution is 7.89. The molecule has 0 amide bonds. The fourth-order valence-corrected chi connectivity index (χ4v) is 3.25. The van der Waals surface area contributed by atoms with E-state index in [-0.39, 0.29) is 17.4 Å². The Labute approximate surface area is 142 Å². The Bertz CT molecular complexity index is 710. The lowest BCUT2D eigenvalue weighted by Crippen LogP contribution is -2.31. The van der Waals surface area contributed by atoms with Crippen LogP contribution in [0.5, 0.6) is 5.75 Å². The van der Waals surface area contributed by atoms with Crippen LogP contribution in [-0.4, -0.2) is 21.0 Å². The van der Waals surface area contributed by atoms with Crippen molar-refractivity contribution >= 4 is 16.0 Å². The maximum absolute atomic E-state index is 12.1. The molecule has 130 valence electrons. The fraction of sp³-hybridized carbons (Fsp3) is 0.471. The second kappa shape index (κ2) is 8.71. The lowest BCUT2D eigenvalue weighted by molar-refractivity contribution is -0.153. The largest absolute Gasteiger partial charge is 0.481 e. The van der Waals surface area contributed by atoms with E-state index in [1.54, 1.807) is 6.92 Å². The Hall–Kier alpha value is -2.04. The first kappa shape index (κ1) is 18.3. The van der Waals surface area contributed by atoms with Crippen molar-refractivity contribution in [2.24, 2.45) is 5.92 Å². The van der Waals surface area contributed by atoms with Gasteiger partial charge in [0.15, 0.2) is 0 Å². The summed E-state index contributed by atoms with van der Waals surface area (Å²) in [5.41, 5.74) is 0. The molecule has 7 heteroatoms. The van der Waals surface area contributed by atoms with E-state index in [1.807, 2.05) is 4.89 Å². The van der Waals surface area contributed by atoms with Gasteiger partial charge in [0.2, 0.25) is 0 Å². The Morgan fingerprint density at radius 2 is 1.88 bits per heavy atom. The molecule has 0 aliphatic heterocycles. The molecule has 0 atom stereocenters. The normalized spacial score (nSPS) is 15.2. The standard InChI is InChI=1S/C17H21NO5S/c1-2-3-13-22-15-9-11-16(12-10-15)24(20,21)18-23-17(19)14-7-5-4-6-8-14/h9-12,14,18H,4-8,13H2,1H3. The van der Waals surface area contributed by atoms with Crippen LogP contribution in [0.3, 0.4) is 0 Å². The molecule has 1 fully saturated rings. The van der Waals surface area contributed by atoms with Crippen molar-refractivity contribution in [3.8, 4) is 17.6 Å². The molecule has 1 aliphatic rings. The van der Waals surface area contributed by atoms with Gasteiger partial charge in [0.25, 0.3) is 10.0 Å². The van der Waals surface area contributed by atoms with Crippen LogP contribution in [0.25, 0.3) is 0 Å². The topological polar surface area (TPSA) is 81.7 Å². The minimum absolute atomic E-state index is 0.00660. The zero-order chi connectivity index (χ0) is 17.4. The molecule has 2 rings (SSSR count). The highest BCUT2D eigenvalue weighted by atomic mass is 32.2. The molecule has 0 spiro atoms. The SMILES string of the molecule is CC#CCOc1ccc(S(=O)(=O)NOC(=O)C2CCCCC2)cc1. The number of nitrogens with one attached hydrogen (secondary N) is 1. The minimum atomic E-state index is -3.91. The quantitative estimate of drug-likeness (QED) is 0.629. The molecule has 24 heavy (non-hydrogen) atoms. The van der Waals surface area contributed by atoms with Crippen molar-refractivity contribution in [1.29, 1.82) is 0 Å². The summed E-state index contributed by atoms with van der Waals surface area (Å²) in [5.74, 6) is 5.21. The number of hydrogen-bond donors (Lipinski definition) is 1. The summed E-state index contributed by atoms with van der Waals surface area (Å²) in [6, 6.07) is 5.81. The van der Waals surface area contributed by atoms with Gasteiger partial charge in [-0.15, -0.1) is 5.92 Å². The molecule has 0 unspecified atom stereocenters. The van der Waals surface area contributed by atoms with Gasteiger partial charge in [-0.05, 0) is 48.9 Å². The van der Waals surface area contributed by atoms with E-state index in [0.717, 1.165) is 32.1 Å². The molecule has 0 bridgehead atoms. The maximum Gasteiger partial charge on any atom is 0.329 e. The van der Waals surface area contributed by atoms with Crippen molar-refractivity contribution in [2.45, 2.75) is 43.9 Å². The summed E-state index contributed by atoms with van der Waals surface area (Å²) in [4.78, 5) is 18.6. The van der Waals surface area contributed by atoms with Crippen LogP contribution in [0.15, 0.2) is 29.2 Å². The molecule has 0 heterocycles. The fourth-order valence-electron chi connectivity index (χ4n) is 2.47. The van der Waals surface area contributed by atoms with Crippen LogP contribution in [0.2, 0.25) is 0 Å². The second-order valence-corrected chi connectivity index (χ2v) is 7.17. The van der Waals surface area contributed by atoms with E-state index in [4.69, 9.17) is 9.57 Å². The number of ether oxygens (including phenoxy) is 1. The minimum Gasteiger partial charge on any atom is -0.481 e. The maximum atomic E-state index is 12.1. The zero-order valence-corrected chi connectivity index (χ0v) is 14.4. The average Bonchev–Trinajstić information content (AvgIpc) is 2.61. The summed E-state index contributed by atoms with van der Waals surface area (Å²) in [5, 5.41) is 0. The summed E-state index contributed by atoms with van der Waals surface area (Å²) < 4.78 is 29.6. The first-order valence-electron chi connectivity index (χ1n) is 7.88. The lowest BCUT2D eigenvalue weighted by atomic mass is 9.89. The molecule has 6 nitrogen and oxygen atoms in total. The molecular weight excluding hydrogens is 330 g/mol. The monoisotopic (exact) mass is 351 g/mol. The number of carbonyl (C=O) groups excluding carboxylic acids is 1. The van der Waals surface area contributed by atoms with Gasteiger partial charge in [-0.3, -0.25) is 4.79 Å². The molecule has 0 saturated heterocycles. The third kappa shape index (κ3) is 5.25. The van der Waals surface area contributed by atoms with Gasteiger partial charge in [-0.2, -0.15) is 0 Å². The van der Waals surface area contributed by atoms with Crippen molar-refractivity contribution in [1.82, 2.24) is 4.89 Å². The molecule has 1 aromatic rings. The van der Waals surface area contributed by atoms with Crippen molar-refractivity contribution in [3.63, 3.8) is 0 Å². The van der Waals surface area contributed by atoms with E-state index >= 15 is 0 Å². The number of hydrogen-bond acceptors (Lipinski definition) is 5. The highest BCUT2D eigenvalue weighted by Crippen LogP contribution is 2.24. The third-order valence-corrected chi connectivity index (χ3v) is 5.01. The predicted molar refractivity (Wildman–Crippen MR) is 88.4 cm³/mol. The van der Waals surface area contributed by atoms with Gasteiger partial charge >= 0.3 is 5.97 Å². The molecule has 1 N–H and O–H groups in total. The van der Waals surface area contributed by atoms with E-state index < -0.39 is 16.0 Å². The van der Waals surface area contributed by atoms with Gasteiger partial charge < -0.3 is 9.57 Å². The summed E-state index contributed by atoms with van der Waals surface area (Å²) in [6.07, 6.45) is 4.53. The number of sulfonamides is 1. The van der Waals surface area contributed by atoms with E-state index in [0.29, 0.717) is 5.75 Å². The van der Waals surface area contributed by atoms with Crippen molar-refractivity contribution in [3.05, 3.63) is 24.3 Å². The van der Waals surface area contributed by atoms with Crippen molar-refractivity contribution in [2.75, 3.05) is 6.61 Å². The van der Waals surface area contributed by atoms with E-state index in [2.05, 4.69) is 11.8 Å². The van der Waals surface area contributed by atoms with E-state index in [9.17, 15) is 13.2 Å². The van der Waals surface area contributed by atoms with Crippen LogP contribution in [0.4, 0.5) is 0 Å². The number of carbonyl (C=O) groups is 1. The smallest absolute Gasteiger partial charge is 0.329 e. The molecule has 0 aromatic heterocycles. The number of benzene rings is 1. The van der Waals surface area contributed by atoms with Crippen LogP contribution in [0.1, 0.15) is 39.0 Å². The highest BCUT2D eigenvalue weighted by Gasteiger charge is 2.25. The molecule has 0 radical (unpaired) electrons. The van der Waals surface area contributed by atoms with Crippen LogP contribution in [-0.2, 0) is 19.7 Å². The summed E-state index contributed by atoms with van der Waals surface area (Å²) >= 11 is 0. The van der Waals surface area contributed by atoms with Crippen molar-refractivity contribution < 1.29 is 22.8 Å². The first-order valence-corrected chi connectivity index (χ1v) is 9.36. The van der Waals surface area contributed by atoms with Gasteiger partial charge in [0.05, 0.1) is 10.8 Å². The van der Waals surface area contributed by atoms with Gasteiger partial charge in [-0.1, -0.05) is 25.2 Å².